The Morgan fingerprint density at radius 3 is 2.31 bits per heavy atom. The van der Waals surface area contributed by atoms with E-state index in [0.717, 1.165) is 29.1 Å². The van der Waals surface area contributed by atoms with Crippen LogP contribution in [0, 0.1) is 25.2 Å². The number of hydrogen-bond donors (Lipinski definition) is 0. The first kappa shape index (κ1) is 25.1. The van der Waals surface area contributed by atoms with Gasteiger partial charge in [-0.25, -0.2) is 8.42 Å². The summed E-state index contributed by atoms with van der Waals surface area (Å²) in [4.78, 5) is 4.40. The standard InChI is InChI=1S/C24H29N3O2S2.ClH/c1-18-7-8-19(2)23(15-18)30-22-10-9-20(17-25)16-24(22)31(28,29)27-13-11-26(12-14-27)21-5-3-4-6-21;/h7-10,15-16,21H,3-6,11-14H2,1-2H3;1H. The van der Waals surface area contributed by atoms with Crippen LogP contribution >= 0.6 is 24.2 Å². The molecule has 2 fully saturated rings. The minimum atomic E-state index is -3.68. The van der Waals surface area contributed by atoms with Gasteiger partial charge in [-0.15, -0.1) is 12.4 Å². The fraction of sp³-hybridized carbons (Fsp3) is 0.458. The minimum Gasteiger partial charge on any atom is -0.298 e. The lowest BCUT2D eigenvalue weighted by molar-refractivity contribution is 0.139. The molecule has 0 spiro atoms. The van der Waals surface area contributed by atoms with Gasteiger partial charge in [0.05, 0.1) is 16.5 Å². The Morgan fingerprint density at radius 1 is 0.969 bits per heavy atom. The molecule has 172 valence electrons. The zero-order chi connectivity index (χ0) is 22.0. The largest absolute Gasteiger partial charge is 0.298 e. The van der Waals surface area contributed by atoms with Crippen LogP contribution in [0.4, 0.5) is 0 Å². The number of sulfonamides is 1. The highest BCUT2D eigenvalue weighted by atomic mass is 35.5. The van der Waals surface area contributed by atoms with Crippen LogP contribution in [0.2, 0.25) is 0 Å². The second-order valence-electron chi connectivity index (χ2n) is 8.52. The Hall–Kier alpha value is -1.56. The molecule has 32 heavy (non-hydrogen) atoms. The Balaban J connectivity index is 0.00000289. The molecule has 1 heterocycles. The SMILES string of the molecule is Cc1ccc(C)c(Sc2ccc(C#N)cc2S(=O)(=O)N2CCN(C3CCCC3)CC2)c1.Cl. The molecule has 0 atom stereocenters. The topological polar surface area (TPSA) is 64.4 Å². The quantitative estimate of drug-likeness (QED) is 0.589. The number of nitrogens with zero attached hydrogens (tertiary/aromatic N) is 3. The van der Waals surface area contributed by atoms with Crippen molar-refractivity contribution in [3.05, 3.63) is 53.1 Å². The molecule has 1 aliphatic carbocycles. The van der Waals surface area contributed by atoms with E-state index in [-0.39, 0.29) is 17.3 Å². The minimum absolute atomic E-state index is 0. The molecular weight excluding hydrogens is 462 g/mol. The highest BCUT2D eigenvalue weighted by Crippen LogP contribution is 2.37. The second-order valence-corrected chi connectivity index (χ2v) is 11.5. The third kappa shape index (κ3) is 5.32. The number of halogens is 1. The zero-order valence-electron chi connectivity index (χ0n) is 18.6. The van der Waals surface area contributed by atoms with Gasteiger partial charge in [0.15, 0.2) is 0 Å². The van der Waals surface area contributed by atoms with Crippen molar-refractivity contribution in [3.63, 3.8) is 0 Å². The van der Waals surface area contributed by atoms with Crippen LogP contribution in [-0.4, -0.2) is 49.8 Å². The van der Waals surface area contributed by atoms with E-state index in [2.05, 4.69) is 29.2 Å². The van der Waals surface area contributed by atoms with Gasteiger partial charge >= 0.3 is 0 Å². The summed E-state index contributed by atoms with van der Waals surface area (Å²) in [6, 6.07) is 13.9. The van der Waals surface area contributed by atoms with Crippen molar-refractivity contribution in [1.29, 1.82) is 5.26 Å². The second kappa shape index (κ2) is 10.6. The highest BCUT2D eigenvalue weighted by Gasteiger charge is 2.33. The van der Waals surface area contributed by atoms with Gasteiger partial charge in [-0.2, -0.15) is 9.57 Å². The maximum atomic E-state index is 13.6. The number of nitriles is 1. The summed E-state index contributed by atoms with van der Waals surface area (Å²) in [7, 11) is -3.68. The first-order chi connectivity index (χ1) is 14.9. The average molecular weight is 492 g/mol. The molecule has 2 aromatic rings. The number of benzene rings is 2. The molecule has 1 saturated carbocycles. The van der Waals surface area contributed by atoms with E-state index in [0.29, 0.717) is 29.6 Å². The number of hydrogen-bond acceptors (Lipinski definition) is 5. The van der Waals surface area contributed by atoms with E-state index in [1.165, 1.54) is 43.5 Å². The summed E-state index contributed by atoms with van der Waals surface area (Å²) in [5.41, 5.74) is 2.61. The number of rotatable bonds is 5. The summed E-state index contributed by atoms with van der Waals surface area (Å²) in [6.07, 6.45) is 5.02. The molecule has 0 bridgehead atoms. The fourth-order valence-electron chi connectivity index (χ4n) is 4.52. The van der Waals surface area contributed by atoms with Crippen LogP contribution in [0.3, 0.4) is 0 Å². The smallest absolute Gasteiger partial charge is 0.244 e. The van der Waals surface area contributed by atoms with Crippen molar-refractivity contribution in [2.24, 2.45) is 0 Å². The van der Waals surface area contributed by atoms with Crippen molar-refractivity contribution in [1.82, 2.24) is 9.21 Å². The molecule has 5 nitrogen and oxygen atoms in total. The Labute approximate surface area is 202 Å². The first-order valence-corrected chi connectivity index (χ1v) is 13.2. The van der Waals surface area contributed by atoms with Crippen LogP contribution in [0.15, 0.2) is 51.1 Å². The molecule has 2 aliphatic rings. The average Bonchev–Trinajstić information content (AvgIpc) is 3.31. The lowest BCUT2D eigenvalue weighted by Crippen LogP contribution is -2.51. The van der Waals surface area contributed by atoms with E-state index in [4.69, 9.17) is 0 Å². The lowest BCUT2D eigenvalue weighted by atomic mass is 10.2. The van der Waals surface area contributed by atoms with Crippen LogP contribution in [0.5, 0.6) is 0 Å². The van der Waals surface area contributed by atoms with Crippen LogP contribution in [-0.2, 0) is 10.0 Å². The summed E-state index contributed by atoms with van der Waals surface area (Å²) < 4.78 is 28.9. The maximum absolute atomic E-state index is 13.6. The predicted octanol–water partition coefficient (Wildman–Crippen LogP) is 5.00. The van der Waals surface area contributed by atoms with E-state index < -0.39 is 10.0 Å². The molecule has 1 saturated heterocycles. The summed E-state index contributed by atoms with van der Waals surface area (Å²) >= 11 is 1.46. The lowest BCUT2D eigenvalue weighted by Gasteiger charge is -2.37. The maximum Gasteiger partial charge on any atom is 0.244 e. The van der Waals surface area contributed by atoms with Gasteiger partial charge in [0.1, 0.15) is 0 Å². The zero-order valence-corrected chi connectivity index (χ0v) is 21.0. The van der Waals surface area contributed by atoms with Gasteiger partial charge in [-0.3, -0.25) is 4.90 Å². The van der Waals surface area contributed by atoms with Crippen molar-refractivity contribution in [3.8, 4) is 6.07 Å². The molecule has 0 unspecified atom stereocenters. The normalized spacial score (nSPS) is 18.3. The number of piperazine rings is 1. The Bertz CT molecular complexity index is 1100. The molecule has 0 radical (unpaired) electrons. The van der Waals surface area contributed by atoms with E-state index in [1.54, 1.807) is 16.4 Å². The molecule has 0 amide bonds. The van der Waals surface area contributed by atoms with Crippen molar-refractivity contribution in [2.45, 2.75) is 60.3 Å². The van der Waals surface area contributed by atoms with Crippen LogP contribution in [0.25, 0.3) is 0 Å². The van der Waals surface area contributed by atoms with Crippen molar-refractivity contribution >= 4 is 34.2 Å². The van der Waals surface area contributed by atoms with E-state index >= 15 is 0 Å². The van der Waals surface area contributed by atoms with Gasteiger partial charge in [-0.1, -0.05) is 36.7 Å². The summed E-state index contributed by atoms with van der Waals surface area (Å²) in [5, 5.41) is 9.38. The Morgan fingerprint density at radius 2 is 1.66 bits per heavy atom. The summed E-state index contributed by atoms with van der Waals surface area (Å²) in [6.45, 7) is 6.63. The van der Waals surface area contributed by atoms with Gasteiger partial charge in [0.25, 0.3) is 0 Å². The van der Waals surface area contributed by atoms with Crippen LogP contribution < -0.4 is 0 Å². The molecule has 0 N–H and O–H groups in total. The van der Waals surface area contributed by atoms with Gasteiger partial charge < -0.3 is 0 Å². The fourth-order valence-corrected chi connectivity index (χ4v) is 7.48. The Kier molecular flexibility index (Phi) is 8.29. The monoisotopic (exact) mass is 491 g/mol. The molecule has 8 heteroatoms. The van der Waals surface area contributed by atoms with Crippen molar-refractivity contribution < 1.29 is 8.42 Å². The molecular formula is C24H30ClN3O2S2. The van der Waals surface area contributed by atoms with Gasteiger partial charge in [0.2, 0.25) is 10.0 Å². The number of aryl methyl sites for hydroxylation is 2. The summed E-state index contributed by atoms with van der Waals surface area (Å²) in [5.74, 6) is 0. The van der Waals surface area contributed by atoms with Gasteiger partial charge in [-0.05, 0) is 62.1 Å². The van der Waals surface area contributed by atoms with E-state index in [1.807, 2.05) is 13.8 Å². The molecule has 0 aromatic heterocycles. The van der Waals surface area contributed by atoms with E-state index in [9.17, 15) is 13.7 Å². The highest BCUT2D eigenvalue weighted by molar-refractivity contribution is 8.00. The third-order valence-corrected chi connectivity index (χ3v) is 9.67. The van der Waals surface area contributed by atoms with Crippen molar-refractivity contribution in [2.75, 3.05) is 26.2 Å². The van der Waals surface area contributed by atoms with Gasteiger partial charge in [0, 0.05) is 42.0 Å². The molecule has 4 rings (SSSR count). The first-order valence-electron chi connectivity index (χ1n) is 10.9. The van der Waals surface area contributed by atoms with Crippen LogP contribution in [0.1, 0.15) is 42.4 Å². The third-order valence-electron chi connectivity index (χ3n) is 6.37. The molecule has 1 aliphatic heterocycles. The predicted molar refractivity (Wildman–Crippen MR) is 131 cm³/mol. The molecule has 2 aromatic carbocycles.